The summed E-state index contributed by atoms with van der Waals surface area (Å²) >= 11 is 2.43. The van der Waals surface area contributed by atoms with Crippen molar-refractivity contribution in [1.29, 1.82) is 0 Å². The summed E-state index contributed by atoms with van der Waals surface area (Å²) < 4.78 is 115. The molecule has 3 fully saturated rings. The molecule has 0 radical (unpaired) electrons. The van der Waals surface area contributed by atoms with Crippen LogP contribution >= 0.6 is 23.5 Å². The van der Waals surface area contributed by atoms with Crippen LogP contribution in [0, 0.1) is 53.5 Å². The fourth-order valence-corrected chi connectivity index (χ4v) is 7.00. The van der Waals surface area contributed by atoms with Crippen molar-refractivity contribution in [3.05, 3.63) is 52.1 Å². The first kappa shape index (κ1) is 23.7. The van der Waals surface area contributed by atoms with Crippen LogP contribution in [0.3, 0.4) is 0 Å². The largest absolute Gasteiger partial charge is 0.203 e. The van der Waals surface area contributed by atoms with Gasteiger partial charge in [0, 0.05) is 15.1 Å². The van der Waals surface area contributed by atoms with Crippen molar-refractivity contribution in [2.24, 2.45) is 0 Å². The average Bonchev–Trinajstić information content (AvgIpc) is 2.81. The number of benzene rings is 2. The molecule has 3 aliphatic rings. The van der Waals surface area contributed by atoms with Crippen LogP contribution in [-0.4, -0.2) is 15.7 Å². The maximum absolute atomic E-state index is 14.9. The molecule has 0 atom stereocenters. The summed E-state index contributed by atoms with van der Waals surface area (Å²) in [5.74, 6) is -16.0. The Morgan fingerprint density at radius 2 is 0.875 bits per heavy atom. The van der Waals surface area contributed by atoms with Gasteiger partial charge in [-0.05, 0) is 51.7 Å². The van der Waals surface area contributed by atoms with Crippen LogP contribution in [0.15, 0.2) is 4.90 Å². The Bertz CT molecular complexity index is 1030. The Balaban J connectivity index is 1.82. The molecule has 2 aromatic rings. The van der Waals surface area contributed by atoms with Gasteiger partial charge in [-0.3, -0.25) is 0 Å². The molecular formula is C22H18F8S2. The van der Waals surface area contributed by atoms with Crippen LogP contribution in [0.4, 0.5) is 35.1 Å². The van der Waals surface area contributed by atoms with Gasteiger partial charge in [0.2, 0.25) is 0 Å². The summed E-state index contributed by atoms with van der Waals surface area (Å²) in [6, 6.07) is 0. The number of halogens is 8. The molecule has 2 bridgehead atoms. The molecule has 0 aliphatic heterocycles. The Labute approximate surface area is 188 Å². The van der Waals surface area contributed by atoms with Gasteiger partial charge in [-0.25, -0.2) is 35.1 Å². The lowest BCUT2D eigenvalue weighted by atomic mass is 9.69. The molecule has 5 rings (SSSR count). The fraction of sp³-hybridized carbons (Fsp3) is 0.455. The topological polar surface area (TPSA) is 0 Å². The van der Waals surface area contributed by atoms with E-state index in [-0.39, 0.29) is 4.75 Å². The van der Waals surface area contributed by atoms with Gasteiger partial charge < -0.3 is 0 Å². The third-order valence-electron chi connectivity index (χ3n) is 6.82. The van der Waals surface area contributed by atoms with E-state index in [4.69, 9.17) is 0 Å². The molecule has 0 heterocycles. The molecule has 32 heavy (non-hydrogen) atoms. The van der Waals surface area contributed by atoms with E-state index in [1.54, 1.807) is 11.8 Å². The molecule has 10 heteroatoms. The normalized spacial score (nSPS) is 24.9. The lowest BCUT2D eigenvalue weighted by Gasteiger charge is -2.52. The highest BCUT2D eigenvalue weighted by Gasteiger charge is 2.49. The standard InChI is InChI=1S/C22H18F8S2/c1-9-12(23)14(25)10(15(26)13(9)24)11-16(27)18(29)20(19(30)17(11)28)32-22-6-3-21(31-2,4-7-22)5-8-22/h3-8H2,1-2H3. The van der Waals surface area contributed by atoms with E-state index < -0.39 is 72.9 Å². The van der Waals surface area contributed by atoms with E-state index in [0.29, 0.717) is 37.9 Å². The zero-order chi connectivity index (χ0) is 23.6. The molecule has 0 nitrogen and oxygen atoms in total. The summed E-state index contributed by atoms with van der Waals surface area (Å²) in [5.41, 5.74) is -4.70. The SMILES string of the molecule is CSC12CCC(Sc3c(F)c(F)c(-c4c(F)c(F)c(C)c(F)c4F)c(F)c3F)(CC1)CC2. The molecule has 2 aromatic carbocycles. The highest BCUT2D eigenvalue weighted by molar-refractivity contribution is 8.01. The predicted molar refractivity (Wildman–Crippen MR) is 109 cm³/mol. The first-order valence-electron chi connectivity index (χ1n) is 9.90. The highest BCUT2D eigenvalue weighted by Crippen LogP contribution is 2.60. The van der Waals surface area contributed by atoms with Crippen molar-refractivity contribution in [2.75, 3.05) is 6.26 Å². The van der Waals surface area contributed by atoms with Crippen molar-refractivity contribution in [3.63, 3.8) is 0 Å². The summed E-state index contributed by atoms with van der Waals surface area (Å²) in [6.45, 7) is 0.716. The molecule has 0 unspecified atom stereocenters. The maximum atomic E-state index is 14.9. The zero-order valence-corrected chi connectivity index (χ0v) is 18.7. The van der Waals surface area contributed by atoms with Gasteiger partial charge in [0.1, 0.15) is 0 Å². The van der Waals surface area contributed by atoms with Crippen molar-refractivity contribution < 1.29 is 35.1 Å². The van der Waals surface area contributed by atoms with E-state index in [1.807, 2.05) is 6.26 Å². The van der Waals surface area contributed by atoms with E-state index in [0.717, 1.165) is 19.3 Å². The molecule has 0 N–H and O–H groups in total. The molecule has 0 saturated heterocycles. The lowest BCUT2D eigenvalue weighted by Crippen LogP contribution is -2.46. The van der Waals surface area contributed by atoms with Gasteiger partial charge in [0.25, 0.3) is 0 Å². The number of hydrogen-bond acceptors (Lipinski definition) is 2. The van der Waals surface area contributed by atoms with Gasteiger partial charge in [0.05, 0.1) is 16.0 Å². The lowest BCUT2D eigenvalue weighted by molar-refractivity contribution is 0.231. The molecular weight excluding hydrogens is 480 g/mol. The van der Waals surface area contributed by atoms with Crippen LogP contribution < -0.4 is 0 Å². The molecule has 0 spiro atoms. The Hall–Kier alpha value is -1.42. The fourth-order valence-electron chi connectivity index (χ4n) is 4.67. The molecule has 0 aromatic heterocycles. The smallest absolute Gasteiger partial charge is 0.176 e. The number of hydrogen-bond donors (Lipinski definition) is 0. The van der Waals surface area contributed by atoms with Gasteiger partial charge >= 0.3 is 0 Å². The molecule has 3 saturated carbocycles. The van der Waals surface area contributed by atoms with Crippen molar-refractivity contribution in [1.82, 2.24) is 0 Å². The predicted octanol–water partition coefficient (Wildman–Crippen LogP) is 8.08. The summed E-state index contributed by atoms with van der Waals surface area (Å²) in [4.78, 5) is -0.934. The third kappa shape index (κ3) is 3.43. The molecule has 3 aliphatic carbocycles. The second-order valence-electron chi connectivity index (χ2n) is 8.39. The average molecular weight is 499 g/mol. The molecule has 174 valence electrons. The minimum absolute atomic E-state index is 0.106. The first-order valence-corrected chi connectivity index (χ1v) is 11.9. The molecule has 0 amide bonds. The van der Waals surface area contributed by atoms with Crippen LogP contribution in [-0.2, 0) is 0 Å². The highest BCUT2D eigenvalue weighted by atomic mass is 32.2. The number of fused-ring (bicyclic) bond motifs is 3. The summed E-state index contributed by atoms with van der Waals surface area (Å²) in [7, 11) is 0. The minimum Gasteiger partial charge on any atom is -0.203 e. The van der Waals surface area contributed by atoms with Crippen molar-refractivity contribution in [3.8, 4) is 11.1 Å². The Morgan fingerprint density at radius 3 is 1.25 bits per heavy atom. The monoisotopic (exact) mass is 498 g/mol. The van der Waals surface area contributed by atoms with Gasteiger partial charge in [0.15, 0.2) is 46.5 Å². The van der Waals surface area contributed by atoms with Crippen molar-refractivity contribution in [2.45, 2.75) is 59.8 Å². The van der Waals surface area contributed by atoms with Crippen LogP contribution in [0.2, 0.25) is 0 Å². The van der Waals surface area contributed by atoms with Crippen LogP contribution in [0.25, 0.3) is 11.1 Å². The van der Waals surface area contributed by atoms with Gasteiger partial charge in [-0.1, -0.05) is 0 Å². The second kappa shape index (κ2) is 8.11. The zero-order valence-electron chi connectivity index (χ0n) is 17.1. The first-order chi connectivity index (χ1) is 15.0. The number of thioether (sulfide) groups is 2. The Kier molecular flexibility index (Phi) is 6.01. The van der Waals surface area contributed by atoms with E-state index in [1.165, 1.54) is 0 Å². The third-order valence-corrected chi connectivity index (χ3v) is 9.90. The van der Waals surface area contributed by atoms with Crippen molar-refractivity contribution >= 4 is 23.5 Å². The van der Waals surface area contributed by atoms with E-state index >= 15 is 0 Å². The van der Waals surface area contributed by atoms with Crippen LogP contribution in [0.5, 0.6) is 0 Å². The Morgan fingerprint density at radius 1 is 0.531 bits per heavy atom. The van der Waals surface area contributed by atoms with E-state index in [9.17, 15) is 35.1 Å². The van der Waals surface area contributed by atoms with Crippen LogP contribution in [0.1, 0.15) is 44.1 Å². The van der Waals surface area contributed by atoms with E-state index in [2.05, 4.69) is 0 Å². The second-order valence-corrected chi connectivity index (χ2v) is 11.1. The maximum Gasteiger partial charge on any atom is 0.176 e. The quantitative estimate of drug-likeness (QED) is 0.309. The summed E-state index contributed by atoms with van der Waals surface area (Å²) in [5, 5.41) is 0. The number of rotatable bonds is 4. The summed E-state index contributed by atoms with van der Waals surface area (Å²) in [6.07, 6.45) is 6.19. The minimum atomic E-state index is -2.13. The van der Waals surface area contributed by atoms with Gasteiger partial charge in [-0.2, -0.15) is 11.8 Å². The van der Waals surface area contributed by atoms with Gasteiger partial charge in [-0.15, -0.1) is 11.8 Å².